The van der Waals surface area contributed by atoms with Crippen molar-refractivity contribution < 1.29 is 27.4 Å². The number of fused-ring (bicyclic) bond motifs is 1. The molecule has 2 heterocycles. The monoisotopic (exact) mass is 666 g/mol. The maximum absolute atomic E-state index is 14.2. The number of hydrogen-bond donors (Lipinski definition) is 0. The van der Waals surface area contributed by atoms with Crippen LogP contribution in [0.2, 0.25) is 15.1 Å². The van der Waals surface area contributed by atoms with Crippen LogP contribution in [0.15, 0.2) is 87.8 Å². The molecule has 0 saturated carbocycles. The van der Waals surface area contributed by atoms with Gasteiger partial charge >= 0.3 is 12.1 Å². The highest BCUT2D eigenvalue weighted by Crippen LogP contribution is 2.38. The molecule has 43 heavy (non-hydrogen) atoms. The van der Waals surface area contributed by atoms with Crippen molar-refractivity contribution in [1.29, 1.82) is 0 Å². The number of thiazole rings is 1. The summed E-state index contributed by atoms with van der Waals surface area (Å²) < 4.78 is 54.7. The molecule has 0 fully saturated rings. The first kappa shape index (κ1) is 30.9. The van der Waals surface area contributed by atoms with Crippen molar-refractivity contribution in [1.82, 2.24) is 4.57 Å². The summed E-state index contributed by atoms with van der Waals surface area (Å²) in [6, 6.07) is 16.2. The van der Waals surface area contributed by atoms with Crippen LogP contribution in [0.3, 0.4) is 0 Å². The molecule has 1 aromatic heterocycles. The first-order valence-electron chi connectivity index (χ1n) is 12.7. The highest BCUT2D eigenvalue weighted by Gasteiger charge is 2.45. The highest BCUT2D eigenvalue weighted by atomic mass is 35.5. The van der Waals surface area contributed by atoms with Crippen molar-refractivity contribution in [2.24, 2.45) is 4.99 Å². The van der Waals surface area contributed by atoms with E-state index >= 15 is 0 Å². The van der Waals surface area contributed by atoms with Crippen LogP contribution in [-0.2, 0) is 16.1 Å². The molecule has 0 aliphatic carbocycles. The summed E-state index contributed by atoms with van der Waals surface area (Å²) in [4.78, 5) is 30.1. The summed E-state index contributed by atoms with van der Waals surface area (Å²) in [5.41, 5.74) is -1.25. The molecule has 0 N–H and O–H groups in total. The van der Waals surface area contributed by atoms with Gasteiger partial charge in [0.2, 0.25) is 0 Å². The Morgan fingerprint density at radius 1 is 1.02 bits per heavy atom. The summed E-state index contributed by atoms with van der Waals surface area (Å²) in [7, 11) is 0. The van der Waals surface area contributed by atoms with Gasteiger partial charge in [-0.05, 0) is 60.5 Å². The van der Waals surface area contributed by atoms with Gasteiger partial charge < -0.3 is 9.47 Å². The molecule has 1 atom stereocenters. The number of benzene rings is 3. The van der Waals surface area contributed by atoms with Crippen molar-refractivity contribution in [3.8, 4) is 5.75 Å². The molecule has 1 aliphatic heterocycles. The Labute approximate surface area is 261 Å². The van der Waals surface area contributed by atoms with E-state index in [-0.39, 0.29) is 28.1 Å². The van der Waals surface area contributed by atoms with Gasteiger partial charge in [-0.25, -0.2) is 9.79 Å². The Kier molecular flexibility index (Phi) is 9.03. The minimum absolute atomic E-state index is 0.117. The van der Waals surface area contributed by atoms with E-state index in [0.29, 0.717) is 26.4 Å². The van der Waals surface area contributed by atoms with Crippen LogP contribution in [0.4, 0.5) is 13.2 Å². The minimum atomic E-state index is -4.99. The van der Waals surface area contributed by atoms with Crippen molar-refractivity contribution in [2.75, 3.05) is 6.61 Å². The second-order valence-corrected chi connectivity index (χ2v) is 11.5. The van der Waals surface area contributed by atoms with Crippen LogP contribution in [0, 0.1) is 0 Å². The van der Waals surface area contributed by atoms with Gasteiger partial charge in [0.05, 0.1) is 22.8 Å². The maximum atomic E-state index is 14.2. The van der Waals surface area contributed by atoms with Gasteiger partial charge in [-0.2, -0.15) is 13.2 Å². The van der Waals surface area contributed by atoms with Gasteiger partial charge in [-0.3, -0.25) is 9.36 Å². The summed E-state index contributed by atoms with van der Waals surface area (Å²) in [5.74, 6) is -0.690. The van der Waals surface area contributed by atoms with E-state index in [1.54, 1.807) is 42.5 Å². The SMILES string of the molecule is CCOC(=O)C1=C(C(F)(F)F)N=c2s/c(=C\c3ccc(OCc4ccc(Cl)cc4Cl)cc3)c(=O)n2[C@H]1c1ccc(Cl)cc1. The summed E-state index contributed by atoms with van der Waals surface area (Å²) in [5, 5.41) is 1.31. The number of alkyl halides is 3. The molecule has 222 valence electrons. The van der Waals surface area contributed by atoms with Gasteiger partial charge in [0.15, 0.2) is 10.5 Å². The predicted molar refractivity (Wildman–Crippen MR) is 159 cm³/mol. The summed E-state index contributed by atoms with van der Waals surface area (Å²) in [6.45, 7) is 1.50. The molecular weight excluding hydrogens is 648 g/mol. The van der Waals surface area contributed by atoms with Gasteiger partial charge in [-0.15, -0.1) is 0 Å². The fourth-order valence-electron chi connectivity index (χ4n) is 4.41. The first-order valence-corrected chi connectivity index (χ1v) is 14.6. The smallest absolute Gasteiger partial charge is 0.434 e. The number of rotatable bonds is 7. The Morgan fingerprint density at radius 3 is 2.33 bits per heavy atom. The molecule has 0 unspecified atom stereocenters. The number of allylic oxidation sites excluding steroid dienone is 1. The average Bonchev–Trinajstić information content (AvgIpc) is 3.27. The van der Waals surface area contributed by atoms with Gasteiger partial charge in [0.1, 0.15) is 12.4 Å². The van der Waals surface area contributed by atoms with Crippen LogP contribution in [0.25, 0.3) is 6.08 Å². The van der Waals surface area contributed by atoms with E-state index in [0.717, 1.165) is 21.5 Å². The van der Waals surface area contributed by atoms with E-state index in [2.05, 4.69) is 4.99 Å². The standard InChI is InChI=1S/C30H20Cl3F3N2O4S/c1-2-41-28(40)24-25(17-5-8-19(31)9-6-17)38-27(39)23(43-29(38)37-26(24)30(34,35)36)13-16-3-11-21(12-4-16)42-15-18-7-10-20(32)14-22(18)33/h3-14,25H,2,15H2,1H3/b23-13-/t25-/m0/s1. The zero-order chi connectivity index (χ0) is 30.9. The molecule has 0 bridgehead atoms. The number of aromatic nitrogens is 1. The molecular formula is C30H20Cl3F3N2O4S. The molecule has 5 rings (SSSR count). The third-order valence-corrected chi connectivity index (χ3v) is 8.19. The Bertz CT molecular complexity index is 1900. The lowest BCUT2D eigenvalue weighted by atomic mass is 9.95. The van der Waals surface area contributed by atoms with E-state index in [1.165, 1.54) is 37.3 Å². The van der Waals surface area contributed by atoms with E-state index in [4.69, 9.17) is 44.3 Å². The summed E-state index contributed by atoms with van der Waals surface area (Å²) >= 11 is 18.9. The quantitative estimate of drug-likeness (QED) is 0.202. The number of carbonyl (C=O) groups excluding carboxylic acids is 1. The molecule has 1 aliphatic rings. The van der Waals surface area contributed by atoms with Crippen molar-refractivity contribution in [3.05, 3.63) is 129 Å². The number of carbonyl (C=O) groups is 1. The summed E-state index contributed by atoms with van der Waals surface area (Å²) in [6.07, 6.45) is -3.46. The fraction of sp³-hybridized carbons (Fsp3) is 0.167. The van der Waals surface area contributed by atoms with E-state index in [9.17, 15) is 22.8 Å². The number of hydrogen-bond acceptors (Lipinski definition) is 6. The van der Waals surface area contributed by atoms with E-state index in [1.807, 2.05) is 0 Å². The number of nitrogens with zero attached hydrogens (tertiary/aromatic N) is 2. The lowest BCUT2D eigenvalue weighted by molar-refractivity contribution is -0.140. The van der Waals surface area contributed by atoms with Crippen LogP contribution < -0.4 is 19.6 Å². The van der Waals surface area contributed by atoms with Gasteiger partial charge in [-0.1, -0.05) is 76.5 Å². The Balaban J connectivity index is 1.55. The Morgan fingerprint density at radius 2 is 1.70 bits per heavy atom. The van der Waals surface area contributed by atoms with Crippen LogP contribution >= 0.6 is 46.1 Å². The molecule has 0 saturated heterocycles. The molecule has 0 radical (unpaired) electrons. The molecule has 4 aromatic rings. The van der Waals surface area contributed by atoms with E-state index < -0.39 is 35.0 Å². The van der Waals surface area contributed by atoms with Gasteiger partial charge in [0, 0.05) is 20.6 Å². The first-order chi connectivity index (χ1) is 20.5. The number of ether oxygens (including phenoxy) is 2. The molecule has 13 heteroatoms. The second-order valence-electron chi connectivity index (χ2n) is 9.21. The normalized spacial score (nSPS) is 15.2. The maximum Gasteiger partial charge on any atom is 0.434 e. The lowest BCUT2D eigenvalue weighted by Crippen LogP contribution is -2.41. The van der Waals surface area contributed by atoms with Crippen LogP contribution in [0.1, 0.15) is 29.7 Å². The van der Waals surface area contributed by atoms with Crippen molar-refractivity contribution >= 4 is 58.2 Å². The minimum Gasteiger partial charge on any atom is -0.489 e. The number of halogens is 6. The predicted octanol–water partition coefficient (Wildman–Crippen LogP) is 6.88. The fourth-order valence-corrected chi connectivity index (χ4v) is 6.00. The molecule has 6 nitrogen and oxygen atoms in total. The van der Waals surface area contributed by atoms with Crippen molar-refractivity contribution in [3.63, 3.8) is 0 Å². The Hall–Kier alpha value is -3.57. The highest BCUT2D eigenvalue weighted by molar-refractivity contribution is 7.07. The average molecular weight is 668 g/mol. The van der Waals surface area contributed by atoms with Crippen LogP contribution in [0.5, 0.6) is 5.75 Å². The zero-order valence-electron chi connectivity index (χ0n) is 22.1. The lowest BCUT2D eigenvalue weighted by Gasteiger charge is -2.26. The third kappa shape index (κ3) is 6.67. The van der Waals surface area contributed by atoms with Crippen LogP contribution in [-0.4, -0.2) is 23.3 Å². The molecule has 3 aromatic carbocycles. The molecule has 0 amide bonds. The molecule has 0 spiro atoms. The largest absolute Gasteiger partial charge is 0.489 e. The topological polar surface area (TPSA) is 69.9 Å². The second kappa shape index (κ2) is 12.6. The van der Waals surface area contributed by atoms with Gasteiger partial charge in [0.25, 0.3) is 5.56 Å². The third-order valence-electron chi connectivity index (χ3n) is 6.37. The van der Waals surface area contributed by atoms with Crippen molar-refractivity contribution in [2.45, 2.75) is 25.7 Å². The number of esters is 1. The zero-order valence-corrected chi connectivity index (χ0v) is 25.2.